The fourth-order valence-corrected chi connectivity index (χ4v) is 1.42. The topological polar surface area (TPSA) is 46.2 Å². The van der Waals surface area contributed by atoms with Gasteiger partial charge in [-0.05, 0) is 23.8 Å². The van der Waals surface area contributed by atoms with Gasteiger partial charge in [-0.15, -0.1) is 0 Å². The lowest BCUT2D eigenvalue weighted by molar-refractivity contribution is 0.480. The Balaban J connectivity index is 2.54. The van der Waals surface area contributed by atoms with E-state index in [1.54, 1.807) is 30.3 Å². The molecule has 0 saturated carbocycles. The van der Waals surface area contributed by atoms with Crippen LogP contribution in [0.3, 0.4) is 0 Å². The van der Waals surface area contributed by atoms with Crippen LogP contribution in [0.1, 0.15) is 0 Å². The van der Waals surface area contributed by atoms with Crippen molar-refractivity contribution in [1.82, 2.24) is 0 Å². The maximum absolute atomic E-state index is 12.7. The van der Waals surface area contributed by atoms with Gasteiger partial charge in [0.1, 0.15) is 11.6 Å². The molecule has 0 radical (unpaired) electrons. The first kappa shape index (κ1) is 9.52. The first-order valence-corrected chi connectivity index (χ1v) is 4.52. The van der Waals surface area contributed by atoms with E-state index in [0.29, 0.717) is 11.3 Å². The first-order valence-electron chi connectivity index (χ1n) is 4.52. The van der Waals surface area contributed by atoms with Crippen LogP contribution >= 0.6 is 0 Å². The van der Waals surface area contributed by atoms with E-state index in [2.05, 4.69) is 0 Å². The molecule has 0 unspecified atom stereocenters. The molecule has 0 heterocycles. The van der Waals surface area contributed by atoms with Gasteiger partial charge in [0.05, 0.1) is 5.69 Å². The van der Waals surface area contributed by atoms with Crippen molar-refractivity contribution in [2.45, 2.75) is 0 Å². The fraction of sp³-hybridized carbons (Fsp3) is 0. The van der Waals surface area contributed by atoms with Gasteiger partial charge in [0, 0.05) is 5.56 Å². The van der Waals surface area contributed by atoms with Crippen LogP contribution in [0.4, 0.5) is 10.1 Å². The minimum atomic E-state index is -0.304. The Labute approximate surface area is 86.8 Å². The molecule has 0 aromatic heterocycles. The molecule has 0 aliphatic heterocycles. The molecular weight excluding hydrogens is 193 g/mol. The summed E-state index contributed by atoms with van der Waals surface area (Å²) in [5.74, 6) is -0.272. The highest BCUT2D eigenvalue weighted by Gasteiger charge is 2.06. The number of benzene rings is 2. The summed E-state index contributed by atoms with van der Waals surface area (Å²) < 4.78 is 12.7. The van der Waals surface area contributed by atoms with Gasteiger partial charge in [0.15, 0.2) is 0 Å². The number of rotatable bonds is 1. The Morgan fingerprint density at radius 3 is 2.33 bits per heavy atom. The molecule has 2 aromatic carbocycles. The average Bonchev–Trinajstić information content (AvgIpc) is 2.24. The van der Waals surface area contributed by atoms with E-state index in [-0.39, 0.29) is 11.6 Å². The number of aromatic hydroxyl groups is 1. The number of halogens is 1. The second-order valence-corrected chi connectivity index (χ2v) is 3.25. The van der Waals surface area contributed by atoms with Gasteiger partial charge in [0.2, 0.25) is 0 Å². The molecule has 0 amide bonds. The van der Waals surface area contributed by atoms with Gasteiger partial charge in [-0.1, -0.05) is 24.3 Å². The van der Waals surface area contributed by atoms with Crippen molar-refractivity contribution in [2.24, 2.45) is 0 Å². The lowest BCUT2D eigenvalue weighted by atomic mass is 10.0. The zero-order valence-electron chi connectivity index (χ0n) is 7.94. The van der Waals surface area contributed by atoms with E-state index in [9.17, 15) is 9.50 Å². The summed E-state index contributed by atoms with van der Waals surface area (Å²) >= 11 is 0. The molecule has 2 rings (SSSR count). The smallest absolute Gasteiger partial charge is 0.146 e. The number of para-hydroxylation sites is 1. The molecule has 0 aliphatic rings. The molecule has 3 N–H and O–H groups in total. The summed E-state index contributed by atoms with van der Waals surface area (Å²) in [4.78, 5) is 0. The second-order valence-electron chi connectivity index (χ2n) is 3.25. The maximum atomic E-state index is 12.7. The molecule has 2 aromatic rings. The van der Waals surface area contributed by atoms with Gasteiger partial charge >= 0.3 is 0 Å². The normalized spacial score (nSPS) is 10.2. The molecule has 0 atom stereocenters. The number of hydrogen-bond acceptors (Lipinski definition) is 2. The minimum absolute atomic E-state index is 0.0316. The van der Waals surface area contributed by atoms with Crippen LogP contribution in [-0.2, 0) is 0 Å². The van der Waals surface area contributed by atoms with E-state index < -0.39 is 0 Å². The summed E-state index contributed by atoms with van der Waals surface area (Å²) in [5, 5.41) is 9.70. The predicted octanol–water partition coefficient (Wildman–Crippen LogP) is 2.78. The van der Waals surface area contributed by atoms with E-state index in [0.717, 1.165) is 5.56 Å². The number of hydrogen-bond donors (Lipinski definition) is 2. The monoisotopic (exact) mass is 203 g/mol. The molecule has 0 spiro atoms. The molecule has 15 heavy (non-hydrogen) atoms. The lowest BCUT2D eigenvalue weighted by Crippen LogP contribution is -1.87. The second kappa shape index (κ2) is 3.61. The average molecular weight is 203 g/mol. The number of nitrogen functional groups attached to an aromatic ring is 1. The molecule has 0 bridgehead atoms. The zero-order valence-corrected chi connectivity index (χ0v) is 7.94. The Hall–Kier alpha value is -2.03. The number of anilines is 1. The van der Waals surface area contributed by atoms with Crippen molar-refractivity contribution in [3.8, 4) is 16.9 Å². The van der Waals surface area contributed by atoms with Crippen LogP contribution in [-0.4, -0.2) is 5.11 Å². The Kier molecular flexibility index (Phi) is 2.29. The van der Waals surface area contributed by atoms with Gasteiger partial charge in [-0.3, -0.25) is 0 Å². The van der Waals surface area contributed by atoms with Crippen LogP contribution in [0.2, 0.25) is 0 Å². The number of phenols is 1. The van der Waals surface area contributed by atoms with Gasteiger partial charge < -0.3 is 10.8 Å². The summed E-state index contributed by atoms with van der Waals surface area (Å²) in [7, 11) is 0. The summed E-state index contributed by atoms with van der Waals surface area (Å²) in [5.41, 5.74) is 7.22. The minimum Gasteiger partial charge on any atom is -0.505 e. The molecule has 0 saturated heterocycles. The Bertz CT molecular complexity index is 479. The van der Waals surface area contributed by atoms with Crippen molar-refractivity contribution in [2.75, 3.05) is 5.73 Å². The third-order valence-electron chi connectivity index (χ3n) is 2.22. The van der Waals surface area contributed by atoms with E-state index >= 15 is 0 Å². The van der Waals surface area contributed by atoms with E-state index in [4.69, 9.17) is 5.73 Å². The zero-order chi connectivity index (χ0) is 10.8. The highest BCUT2D eigenvalue weighted by Crippen LogP contribution is 2.33. The van der Waals surface area contributed by atoms with Crippen molar-refractivity contribution in [1.29, 1.82) is 0 Å². The molecular formula is C12H10FNO. The standard InChI is InChI=1S/C12H10FNO/c13-9-6-4-8(5-7-9)10-2-1-3-11(14)12(10)15/h1-7,15H,14H2. The summed E-state index contributed by atoms with van der Waals surface area (Å²) in [6, 6.07) is 11.0. The van der Waals surface area contributed by atoms with Crippen molar-refractivity contribution in [3.05, 3.63) is 48.3 Å². The van der Waals surface area contributed by atoms with Crippen molar-refractivity contribution >= 4 is 5.69 Å². The van der Waals surface area contributed by atoms with Gasteiger partial charge in [0.25, 0.3) is 0 Å². The highest BCUT2D eigenvalue weighted by atomic mass is 19.1. The van der Waals surface area contributed by atoms with E-state index in [1.165, 1.54) is 12.1 Å². The lowest BCUT2D eigenvalue weighted by Gasteiger charge is -2.06. The third-order valence-corrected chi connectivity index (χ3v) is 2.22. The Morgan fingerprint density at radius 2 is 1.67 bits per heavy atom. The fourth-order valence-electron chi connectivity index (χ4n) is 1.42. The first-order chi connectivity index (χ1) is 7.18. The van der Waals surface area contributed by atoms with Gasteiger partial charge in [-0.2, -0.15) is 0 Å². The van der Waals surface area contributed by atoms with Crippen molar-refractivity contribution in [3.63, 3.8) is 0 Å². The molecule has 0 fully saturated rings. The van der Waals surface area contributed by atoms with Crippen LogP contribution in [0.5, 0.6) is 5.75 Å². The number of phenolic OH excluding ortho intramolecular Hbond substituents is 1. The number of nitrogens with two attached hydrogens (primary N) is 1. The molecule has 2 nitrogen and oxygen atoms in total. The van der Waals surface area contributed by atoms with Crippen LogP contribution in [0.15, 0.2) is 42.5 Å². The summed E-state index contributed by atoms with van der Waals surface area (Å²) in [6.45, 7) is 0. The maximum Gasteiger partial charge on any atom is 0.146 e. The molecule has 76 valence electrons. The van der Waals surface area contributed by atoms with Gasteiger partial charge in [-0.25, -0.2) is 4.39 Å². The quantitative estimate of drug-likeness (QED) is 0.553. The molecule has 0 aliphatic carbocycles. The highest BCUT2D eigenvalue weighted by molar-refractivity contribution is 5.76. The SMILES string of the molecule is Nc1cccc(-c2ccc(F)cc2)c1O. The summed E-state index contributed by atoms with van der Waals surface area (Å²) in [6.07, 6.45) is 0. The van der Waals surface area contributed by atoms with Crippen LogP contribution in [0.25, 0.3) is 11.1 Å². The Morgan fingerprint density at radius 1 is 1.00 bits per heavy atom. The third kappa shape index (κ3) is 1.76. The van der Waals surface area contributed by atoms with E-state index in [1.807, 2.05) is 0 Å². The largest absolute Gasteiger partial charge is 0.505 e. The molecule has 3 heteroatoms. The van der Waals surface area contributed by atoms with Crippen LogP contribution < -0.4 is 5.73 Å². The predicted molar refractivity (Wildman–Crippen MR) is 57.9 cm³/mol. The van der Waals surface area contributed by atoms with Crippen LogP contribution in [0, 0.1) is 5.82 Å². The van der Waals surface area contributed by atoms with Crippen molar-refractivity contribution < 1.29 is 9.50 Å².